The maximum Gasteiger partial charge on any atom is 0.124 e. The molecule has 0 radical (unpaired) electrons. The first-order chi connectivity index (χ1) is 8.53. The van der Waals surface area contributed by atoms with Crippen LogP contribution in [0.4, 0.5) is 0 Å². The molecule has 0 saturated carbocycles. The van der Waals surface area contributed by atoms with Crippen LogP contribution in [-0.4, -0.2) is 25.9 Å². The van der Waals surface area contributed by atoms with Crippen molar-refractivity contribution < 1.29 is 9.47 Å². The Bertz CT molecular complexity index is 403. The van der Waals surface area contributed by atoms with Crippen molar-refractivity contribution in [1.29, 1.82) is 0 Å². The lowest BCUT2D eigenvalue weighted by Crippen LogP contribution is -2.42. The Morgan fingerprint density at radius 2 is 2.11 bits per heavy atom. The minimum absolute atomic E-state index is 0.146. The number of benzene rings is 1. The Morgan fingerprint density at radius 1 is 1.39 bits per heavy atom. The Balaban J connectivity index is 2.12. The number of ether oxygens (including phenoxy) is 2. The molecule has 2 atom stereocenters. The van der Waals surface area contributed by atoms with Crippen molar-refractivity contribution in [1.82, 2.24) is 5.32 Å². The molecule has 0 amide bonds. The van der Waals surface area contributed by atoms with Crippen LogP contribution in [0, 0.1) is 5.92 Å². The van der Waals surface area contributed by atoms with Gasteiger partial charge in [-0.2, -0.15) is 0 Å². The largest absolute Gasteiger partial charge is 0.493 e. The Hall–Kier alpha value is -1.06. The first-order valence-corrected chi connectivity index (χ1v) is 6.54. The summed E-state index contributed by atoms with van der Waals surface area (Å²) in [6.45, 7) is 7.99. The average Bonchev–Trinajstić information content (AvgIpc) is 2.37. The van der Waals surface area contributed by atoms with Gasteiger partial charge in [-0.25, -0.2) is 0 Å². The van der Waals surface area contributed by atoms with E-state index in [-0.39, 0.29) is 5.60 Å². The summed E-state index contributed by atoms with van der Waals surface area (Å²) in [7, 11) is 1.75. The Labute approximate surface area is 109 Å². The van der Waals surface area contributed by atoms with Crippen LogP contribution >= 0.6 is 0 Å². The number of nitrogens with one attached hydrogen (secondary N) is 1. The number of para-hydroxylation sites is 1. The fraction of sp³-hybridized carbons (Fsp3) is 0.600. The number of methoxy groups -OCH3 is 1. The van der Waals surface area contributed by atoms with Crippen LogP contribution in [0.15, 0.2) is 24.3 Å². The Kier molecular flexibility index (Phi) is 3.93. The van der Waals surface area contributed by atoms with Gasteiger partial charge in [0.15, 0.2) is 0 Å². The normalized spacial score (nSPS) is 23.3. The van der Waals surface area contributed by atoms with E-state index in [1.807, 2.05) is 12.1 Å². The molecule has 0 fully saturated rings. The van der Waals surface area contributed by atoms with E-state index in [4.69, 9.17) is 9.47 Å². The van der Waals surface area contributed by atoms with Gasteiger partial charge in [0.1, 0.15) is 5.75 Å². The molecule has 2 unspecified atom stereocenters. The monoisotopic (exact) mass is 249 g/mol. The fourth-order valence-corrected chi connectivity index (χ4v) is 2.23. The lowest BCUT2D eigenvalue weighted by molar-refractivity contribution is 0.0176. The van der Waals surface area contributed by atoms with E-state index in [1.54, 1.807) is 7.11 Å². The maximum atomic E-state index is 5.75. The third-order valence-corrected chi connectivity index (χ3v) is 3.63. The van der Waals surface area contributed by atoms with Crippen molar-refractivity contribution in [3.8, 4) is 5.75 Å². The molecule has 0 bridgehead atoms. The van der Waals surface area contributed by atoms with Crippen molar-refractivity contribution in [2.24, 2.45) is 5.92 Å². The molecule has 0 aliphatic carbocycles. The predicted octanol–water partition coefficient (Wildman–Crippen LogP) is 2.77. The summed E-state index contributed by atoms with van der Waals surface area (Å²) < 4.78 is 11.2. The van der Waals surface area contributed by atoms with Gasteiger partial charge in [0.25, 0.3) is 0 Å². The lowest BCUT2D eigenvalue weighted by Gasteiger charge is -2.34. The second-order valence-electron chi connectivity index (χ2n) is 5.65. The fourth-order valence-electron chi connectivity index (χ4n) is 2.23. The van der Waals surface area contributed by atoms with E-state index < -0.39 is 0 Å². The van der Waals surface area contributed by atoms with Gasteiger partial charge in [0.2, 0.25) is 0 Å². The van der Waals surface area contributed by atoms with Crippen LogP contribution in [0.3, 0.4) is 0 Å². The highest BCUT2D eigenvalue weighted by atomic mass is 16.5. The first-order valence-electron chi connectivity index (χ1n) is 6.54. The molecule has 3 heteroatoms. The third-order valence-electron chi connectivity index (χ3n) is 3.63. The summed E-state index contributed by atoms with van der Waals surface area (Å²) in [4.78, 5) is 0. The highest BCUT2D eigenvalue weighted by molar-refractivity contribution is 5.37. The summed E-state index contributed by atoms with van der Waals surface area (Å²) in [5, 5.41) is 3.61. The standard InChI is InChI=1S/C15H23NO2/c1-11-9-18-13-8-6-5-7-12(13)14(11)16-10-15(2,3)17-4/h5-8,11,14,16H,9-10H2,1-4H3. The second-order valence-corrected chi connectivity index (χ2v) is 5.65. The molecule has 0 spiro atoms. The van der Waals surface area contributed by atoms with Crippen molar-refractivity contribution in [3.63, 3.8) is 0 Å². The van der Waals surface area contributed by atoms with E-state index in [2.05, 4.69) is 38.2 Å². The molecule has 1 aromatic carbocycles. The summed E-state index contributed by atoms with van der Waals surface area (Å²) in [5.74, 6) is 1.47. The average molecular weight is 249 g/mol. The smallest absolute Gasteiger partial charge is 0.124 e. The first kappa shape index (κ1) is 13.4. The molecule has 2 rings (SSSR count). The molecule has 1 N–H and O–H groups in total. The van der Waals surface area contributed by atoms with Gasteiger partial charge >= 0.3 is 0 Å². The van der Waals surface area contributed by atoms with Gasteiger partial charge in [-0.3, -0.25) is 0 Å². The van der Waals surface area contributed by atoms with Crippen LogP contribution in [-0.2, 0) is 4.74 Å². The molecule has 18 heavy (non-hydrogen) atoms. The zero-order valence-electron chi connectivity index (χ0n) is 11.7. The van der Waals surface area contributed by atoms with Gasteiger partial charge in [-0.15, -0.1) is 0 Å². The van der Waals surface area contributed by atoms with Crippen molar-refractivity contribution in [3.05, 3.63) is 29.8 Å². The quantitative estimate of drug-likeness (QED) is 0.890. The molecule has 1 aromatic rings. The van der Waals surface area contributed by atoms with Crippen molar-refractivity contribution in [2.75, 3.05) is 20.3 Å². The van der Waals surface area contributed by atoms with Gasteiger partial charge in [-0.1, -0.05) is 25.1 Å². The van der Waals surface area contributed by atoms with E-state index in [0.29, 0.717) is 12.0 Å². The van der Waals surface area contributed by atoms with Gasteiger partial charge < -0.3 is 14.8 Å². The van der Waals surface area contributed by atoms with Crippen LogP contribution in [0.5, 0.6) is 5.75 Å². The second kappa shape index (κ2) is 5.29. The molecule has 3 nitrogen and oxygen atoms in total. The molecule has 1 heterocycles. The van der Waals surface area contributed by atoms with Crippen LogP contribution in [0.25, 0.3) is 0 Å². The minimum Gasteiger partial charge on any atom is -0.493 e. The highest BCUT2D eigenvalue weighted by Crippen LogP contribution is 2.35. The summed E-state index contributed by atoms with van der Waals surface area (Å²) >= 11 is 0. The molecule has 100 valence electrons. The third kappa shape index (κ3) is 2.85. The molecular weight excluding hydrogens is 226 g/mol. The van der Waals surface area contributed by atoms with Gasteiger partial charge in [0.05, 0.1) is 12.2 Å². The predicted molar refractivity (Wildman–Crippen MR) is 72.9 cm³/mol. The van der Waals surface area contributed by atoms with Crippen LogP contribution < -0.4 is 10.1 Å². The topological polar surface area (TPSA) is 30.5 Å². The van der Waals surface area contributed by atoms with Gasteiger partial charge in [0, 0.05) is 31.2 Å². The number of hydrogen-bond acceptors (Lipinski definition) is 3. The molecule has 1 aliphatic rings. The number of rotatable bonds is 4. The lowest BCUT2D eigenvalue weighted by atomic mass is 9.91. The SMILES string of the molecule is COC(C)(C)CNC1c2ccccc2OCC1C. The minimum atomic E-state index is -0.146. The molecule has 0 aromatic heterocycles. The van der Waals surface area contributed by atoms with E-state index in [0.717, 1.165) is 18.9 Å². The number of hydrogen-bond donors (Lipinski definition) is 1. The summed E-state index contributed by atoms with van der Waals surface area (Å²) in [6, 6.07) is 8.60. The summed E-state index contributed by atoms with van der Waals surface area (Å²) in [5.41, 5.74) is 1.11. The van der Waals surface area contributed by atoms with E-state index in [1.165, 1.54) is 5.56 Å². The summed E-state index contributed by atoms with van der Waals surface area (Å²) in [6.07, 6.45) is 0. The van der Waals surface area contributed by atoms with Crippen molar-refractivity contribution >= 4 is 0 Å². The number of fused-ring (bicyclic) bond motifs is 1. The van der Waals surface area contributed by atoms with Crippen molar-refractivity contribution in [2.45, 2.75) is 32.4 Å². The van der Waals surface area contributed by atoms with E-state index >= 15 is 0 Å². The maximum absolute atomic E-state index is 5.75. The zero-order chi connectivity index (χ0) is 13.2. The van der Waals surface area contributed by atoms with Crippen LogP contribution in [0.2, 0.25) is 0 Å². The van der Waals surface area contributed by atoms with Gasteiger partial charge in [-0.05, 0) is 19.9 Å². The van der Waals surface area contributed by atoms with E-state index in [9.17, 15) is 0 Å². The zero-order valence-corrected chi connectivity index (χ0v) is 11.7. The Morgan fingerprint density at radius 3 is 2.83 bits per heavy atom. The van der Waals surface area contributed by atoms with Crippen LogP contribution in [0.1, 0.15) is 32.4 Å². The highest BCUT2D eigenvalue weighted by Gasteiger charge is 2.29. The molecule has 1 aliphatic heterocycles. The molecule has 0 saturated heterocycles. The molecular formula is C15H23NO2.